The van der Waals surface area contributed by atoms with E-state index in [9.17, 15) is 0 Å². The zero-order valence-corrected chi connectivity index (χ0v) is 10.6. The van der Waals surface area contributed by atoms with Gasteiger partial charge in [0.05, 0.1) is 4.83 Å². The van der Waals surface area contributed by atoms with Gasteiger partial charge in [0.2, 0.25) is 0 Å². The second-order valence-corrected chi connectivity index (χ2v) is 4.65. The SMILES string of the molecule is Cc1cccnc1CC(Br)c1ncccn1. The van der Waals surface area contributed by atoms with Crippen LogP contribution in [0.5, 0.6) is 0 Å². The third-order valence-electron chi connectivity index (χ3n) is 2.36. The van der Waals surface area contributed by atoms with Crippen LogP contribution in [0.2, 0.25) is 0 Å². The second kappa shape index (κ2) is 5.16. The molecule has 2 aromatic rings. The molecule has 0 amide bonds. The molecule has 82 valence electrons. The standard InChI is InChI=1S/C12H12BrN3/c1-9-4-2-5-14-11(9)8-10(13)12-15-6-3-7-16-12/h2-7,10H,8H2,1H3. The van der Waals surface area contributed by atoms with Crippen LogP contribution in [-0.4, -0.2) is 15.0 Å². The number of nitrogens with zero attached hydrogens (tertiary/aromatic N) is 3. The molecule has 0 aliphatic carbocycles. The van der Waals surface area contributed by atoms with Gasteiger partial charge < -0.3 is 0 Å². The van der Waals surface area contributed by atoms with Crippen molar-refractivity contribution in [1.29, 1.82) is 0 Å². The van der Waals surface area contributed by atoms with E-state index in [1.807, 2.05) is 18.3 Å². The van der Waals surface area contributed by atoms with Gasteiger partial charge in [-0.25, -0.2) is 9.97 Å². The monoisotopic (exact) mass is 277 g/mol. The smallest absolute Gasteiger partial charge is 0.142 e. The van der Waals surface area contributed by atoms with E-state index in [1.165, 1.54) is 5.56 Å². The number of rotatable bonds is 3. The minimum atomic E-state index is 0.113. The van der Waals surface area contributed by atoms with Crippen molar-refractivity contribution < 1.29 is 0 Å². The van der Waals surface area contributed by atoms with Gasteiger partial charge in [-0.15, -0.1) is 0 Å². The largest absolute Gasteiger partial charge is 0.261 e. The van der Waals surface area contributed by atoms with Crippen LogP contribution >= 0.6 is 15.9 Å². The van der Waals surface area contributed by atoms with Crippen LogP contribution in [0.4, 0.5) is 0 Å². The molecule has 0 fully saturated rings. The number of hydrogen-bond donors (Lipinski definition) is 0. The first-order chi connectivity index (χ1) is 7.77. The Morgan fingerprint density at radius 2 is 1.81 bits per heavy atom. The van der Waals surface area contributed by atoms with E-state index in [-0.39, 0.29) is 4.83 Å². The summed E-state index contributed by atoms with van der Waals surface area (Å²) >= 11 is 3.59. The molecule has 0 aliphatic rings. The third kappa shape index (κ3) is 2.64. The molecular formula is C12H12BrN3. The van der Waals surface area contributed by atoms with Crippen molar-refractivity contribution in [3.8, 4) is 0 Å². The number of halogens is 1. The van der Waals surface area contributed by atoms with Crippen LogP contribution in [-0.2, 0) is 6.42 Å². The maximum atomic E-state index is 4.36. The molecule has 0 radical (unpaired) electrons. The molecular weight excluding hydrogens is 266 g/mol. The summed E-state index contributed by atoms with van der Waals surface area (Å²) in [5.74, 6) is 0.799. The lowest BCUT2D eigenvalue weighted by Crippen LogP contribution is -2.03. The van der Waals surface area contributed by atoms with Crippen molar-refractivity contribution >= 4 is 15.9 Å². The summed E-state index contributed by atoms with van der Waals surface area (Å²) in [7, 11) is 0. The molecule has 0 aliphatic heterocycles. The highest BCUT2D eigenvalue weighted by Crippen LogP contribution is 2.23. The maximum Gasteiger partial charge on any atom is 0.142 e. The first-order valence-corrected chi connectivity index (χ1v) is 6.00. The zero-order chi connectivity index (χ0) is 11.4. The lowest BCUT2D eigenvalue weighted by Gasteiger charge is -2.09. The molecule has 1 unspecified atom stereocenters. The molecule has 2 rings (SSSR count). The zero-order valence-electron chi connectivity index (χ0n) is 8.97. The summed E-state index contributed by atoms with van der Waals surface area (Å²) in [5, 5.41) is 0. The van der Waals surface area contributed by atoms with Crippen LogP contribution in [0.3, 0.4) is 0 Å². The van der Waals surface area contributed by atoms with Crippen LogP contribution < -0.4 is 0 Å². The Morgan fingerprint density at radius 3 is 2.50 bits per heavy atom. The van der Waals surface area contributed by atoms with Gasteiger partial charge in [-0.2, -0.15) is 0 Å². The summed E-state index contributed by atoms with van der Waals surface area (Å²) in [5.41, 5.74) is 2.28. The molecule has 2 aromatic heterocycles. The van der Waals surface area contributed by atoms with Gasteiger partial charge in [0.15, 0.2) is 0 Å². The minimum absolute atomic E-state index is 0.113. The van der Waals surface area contributed by atoms with Gasteiger partial charge >= 0.3 is 0 Å². The highest BCUT2D eigenvalue weighted by Gasteiger charge is 2.12. The average molecular weight is 278 g/mol. The molecule has 2 heterocycles. The Morgan fingerprint density at radius 1 is 1.12 bits per heavy atom. The summed E-state index contributed by atoms with van der Waals surface area (Å²) in [6.45, 7) is 2.06. The predicted molar refractivity (Wildman–Crippen MR) is 66.4 cm³/mol. The second-order valence-electron chi connectivity index (χ2n) is 3.55. The Balaban J connectivity index is 2.14. The molecule has 0 N–H and O–H groups in total. The van der Waals surface area contributed by atoms with E-state index >= 15 is 0 Å². The van der Waals surface area contributed by atoms with E-state index < -0.39 is 0 Å². The van der Waals surface area contributed by atoms with Crippen molar-refractivity contribution in [1.82, 2.24) is 15.0 Å². The van der Waals surface area contributed by atoms with Crippen LogP contribution in [0.1, 0.15) is 21.9 Å². The van der Waals surface area contributed by atoms with Gasteiger partial charge in [-0.05, 0) is 24.6 Å². The van der Waals surface area contributed by atoms with Gasteiger partial charge in [0.1, 0.15) is 5.82 Å². The number of pyridine rings is 1. The molecule has 0 saturated heterocycles. The summed E-state index contributed by atoms with van der Waals surface area (Å²) in [6.07, 6.45) is 6.12. The molecule has 4 heteroatoms. The Labute approximate surface area is 103 Å². The lowest BCUT2D eigenvalue weighted by molar-refractivity contribution is 0.821. The van der Waals surface area contributed by atoms with Crippen molar-refractivity contribution in [2.45, 2.75) is 18.2 Å². The Hall–Kier alpha value is -1.29. The summed E-state index contributed by atoms with van der Waals surface area (Å²) < 4.78 is 0. The molecule has 0 bridgehead atoms. The van der Waals surface area contributed by atoms with E-state index in [4.69, 9.17) is 0 Å². The quantitative estimate of drug-likeness (QED) is 0.810. The van der Waals surface area contributed by atoms with Gasteiger partial charge in [-0.1, -0.05) is 22.0 Å². The highest BCUT2D eigenvalue weighted by atomic mass is 79.9. The highest BCUT2D eigenvalue weighted by molar-refractivity contribution is 9.09. The van der Waals surface area contributed by atoms with Crippen molar-refractivity contribution in [3.63, 3.8) is 0 Å². The predicted octanol–water partition coefficient (Wildman–Crippen LogP) is 2.86. The normalized spacial score (nSPS) is 12.4. The van der Waals surface area contributed by atoms with E-state index in [1.54, 1.807) is 12.4 Å². The van der Waals surface area contributed by atoms with Gasteiger partial charge in [0.25, 0.3) is 0 Å². The van der Waals surface area contributed by atoms with Crippen molar-refractivity contribution in [2.24, 2.45) is 0 Å². The van der Waals surface area contributed by atoms with E-state index in [0.29, 0.717) is 0 Å². The molecule has 3 nitrogen and oxygen atoms in total. The third-order valence-corrected chi connectivity index (χ3v) is 3.09. The molecule has 0 spiro atoms. The number of aryl methyl sites for hydroxylation is 1. The Kier molecular flexibility index (Phi) is 3.62. The fourth-order valence-electron chi connectivity index (χ4n) is 1.47. The number of alkyl halides is 1. The molecule has 0 saturated carbocycles. The van der Waals surface area contributed by atoms with Crippen LogP contribution in [0.25, 0.3) is 0 Å². The summed E-state index contributed by atoms with van der Waals surface area (Å²) in [4.78, 5) is 12.9. The lowest BCUT2D eigenvalue weighted by atomic mass is 10.1. The van der Waals surface area contributed by atoms with Crippen LogP contribution in [0, 0.1) is 6.92 Å². The fraction of sp³-hybridized carbons (Fsp3) is 0.250. The van der Waals surface area contributed by atoms with E-state index in [2.05, 4.69) is 43.9 Å². The topological polar surface area (TPSA) is 38.7 Å². The first kappa shape index (κ1) is 11.2. The molecule has 0 aromatic carbocycles. The van der Waals surface area contributed by atoms with Gasteiger partial charge in [-0.3, -0.25) is 4.98 Å². The first-order valence-electron chi connectivity index (χ1n) is 5.09. The Bertz CT molecular complexity index is 459. The molecule has 16 heavy (non-hydrogen) atoms. The maximum absolute atomic E-state index is 4.36. The van der Waals surface area contributed by atoms with Crippen molar-refractivity contribution in [2.75, 3.05) is 0 Å². The van der Waals surface area contributed by atoms with Crippen LogP contribution in [0.15, 0.2) is 36.8 Å². The molecule has 1 atom stereocenters. The fourth-order valence-corrected chi connectivity index (χ4v) is 2.01. The number of hydrogen-bond acceptors (Lipinski definition) is 3. The van der Waals surface area contributed by atoms with Gasteiger partial charge in [0, 0.05) is 30.7 Å². The van der Waals surface area contributed by atoms with E-state index in [0.717, 1.165) is 17.9 Å². The number of aromatic nitrogens is 3. The minimum Gasteiger partial charge on any atom is -0.261 e. The summed E-state index contributed by atoms with van der Waals surface area (Å²) in [6, 6.07) is 5.82. The van der Waals surface area contributed by atoms with Crippen molar-refractivity contribution in [3.05, 3.63) is 53.9 Å². The average Bonchev–Trinajstić information content (AvgIpc) is 2.33.